The van der Waals surface area contributed by atoms with Crippen LogP contribution in [0.25, 0.3) is 0 Å². The first-order chi connectivity index (χ1) is 11.7. The zero-order chi connectivity index (χ0) is 16.9. The first-order valence-electron chi connectivity index (χ1n) is 7.32. The average Bonchev–Trinajstić information content (AvgIpc) is 2.62. The summed E-state index contributed by atoms with van der Waals surface area (Å²) < 4.78 is 15.9. The van der Waals surface area contributed by atoms with Crippen molar-refractivity contribution in [3.05, 3.63) is 42.5 Å². The van der Waals surface area contributed by atoms with Crippen molar-refractivity contribution >= 4 is 23.2 Å². The van der Waals surface area contributed by atoms with E-state index in [9.17, 15) is 9.59 Å². The van der Waals surface area contributed by atoms with Gasteiger partial charge in [-0.3, -0.25) is 9.59 Å². The second-order valence-corrected chi connectivity index (χ2v) is 5.00. The Morgan fingerprint density at radius 1 is 0.875 bits per heavy atom. The number of benzene rings is 2. The van der Waals surface area contributed by atoms with Crippen LogP contribution in [0.1, 0.15) is 0 Å². The zero-order valence-corrected chi connectivity index (χ0v) is 13.0. The SMILES string of the molecule is COc1ccc(NC(=O)C(=O)Nc2ccc3c(c2)OCCO3)cc1. The molecule has 0 aromatic heterocycles. The number of nitrogens with one attached hydrogen (secondary N) is 2. The predicted molar refractivity (Wildman–Crippen MR) is 87.7 cm³/mol. The molecule has 1 aliphatic rings. The summed E-state index contributed by atoms with van der Waals surface area (Å²) in [5.74, 6) is 0.267. The Morgan fingerprint density at radius 3 is 2.12 bits per heavy atom. The van der Waals surface area contributed by atoms with Crippen LogP contribution in [0.2, 0.25) is 0 Å². The Hall–Kier alpha value is -3.22. The number of hydrogen-bond acceptors (Lipinski definition) is 5. The van der Waals surface area contributed by atoms with Crippen LogP contribution in [0.15, 0.2) is 42.5 Å². The minimum atomic E-state index is -0.775. The maximum Gasteiger partial charge on any atom is 0.314 e. The van der Waals surface area contributed by atoms with E-state index in [1.807, 2.05) is 0 Å². The lowest BCUT2D eigenvalue weighted by Crippen LogP contribution is -2.29. The highest BCUT2D eigenvalue weighted by molar-refractivity contribution is 6.43. The summed E-state index contributed by atoms with van der Waals surface area (Å²) in [5.41, 5.74) is 0.951. The van der Waals surface area contributed by atoms with Crippen LogP contribution >= 0.6 is 0 Å². The summed E-state index contributed by atoms with van der Waals surface area (Å²) in [4.78, 5) is 23.9. The van der Waals surface area contributed by atoms with Gasteiger partial charge in [-0.2, -0.15) is 0 Å². The highest BCUT2D eigenvalue weighted by Gasteiger charge is 2.17. The van der Waals surface area contributed by atoms with Gasteiger partial charge in [0.25, 0.3) is 0 Å². The summed E-state index contributed by atoms with van der Waals surface area (Å²) in [5, 5.41) is 5.04. The maximum absolute atomic E-state index is 12.0. The van der Waals surface area contributed by atoms with Crippen molar-refractivity contribution < 1.29 is 23.8 Å². The topological polar surface area (TPSA) is 85.9 Å². The van der Waals surface area contributed by atoms with E-state index < -0.39 is 11.8 Å². The largest absolute Gasteiger partial charge is 0.497 e. The lowest BCUT2D eigenvalue weighted by molar-refractivity contribution is -0.133. The molecule has 124 valence electrons. The van der Waals surface area contributed by atoms with Gasteiger partial charge < -0.3 is 24.8 Å². The van der Waals surface area contributed by atoms with Gasteiger partial charge in [-0.25, -0.2) is 0 Å². The number of carbonyl (C=O) groups is 2. The number of hydrogen-bond donors (Lipinski definition) is 2. The van der Waals surface area contributed by atoms with Gasteiger partial charge >= 0.3 is 11.8 Å². The number of rotatable bonds is 3. The molecule has 0 saturated carbocycles. The molecule has 24 heavy (non-hydrogen) atoms. The van der Waals surface area contributed by atoms with Crippen molar-refractivity contribution in [3.8, 4) is 17.2 Å². The van der Waals surface area contributed by atoms with Crippen molar-refractivity contribution in [2.24, 2.45) is 0 Å². The fourth-order valence-electron chi connectivity index (χ4n) is 2.17. The Kier molecular flexibility index (Phi) is 4.51. The number of anilines is 2. The zero-order valence-electron chi connectivity index (χ0n) is 13.0. The molecule has 7 heteroatoms. The minimum absolute atomic E-state index is 0.447. The Balaban J connectivity index is 1.62. The van der Waals surface area contributed by atoms with E-state index in [-0.39, 0.29) is 0 Å². The first-order valence-corrected chi connectivity index (χ1v) is 7.32. The molecule has 2 aromatic rings. The Morgan fingerprint density at radius 2 is 1.46 bits per heavy atom. The maximum atomic E-state index is 12.0. The third-order valence-electron chi connectivity index (χ3n) is 3.35. The third-order valence-corrected chi connectivity index (χ3v) is 3.35. The van der Waals surface area contributed by atoms with Crippen LogP contribution in [-0.2, 0) is 9.59 Å². The van der Waals surface area contributed by atoms with E-state index in [0.717, 1.165) is 0 Å². The molecule has 1 aliphatic heterocycles. The second-order valence-electron chi connectivity index (χ2n) is 5.00. The lowest BCUT2D eigenvalue weighted by Gasteiger charge is -2.18. The monoisotopic (exact) mass is 328 g/mol. The molecular formula is C17H16N2O5. The molecule has 0 bridgehead atoms. The smallest absolute Gasteiger partial charge is 0.314 e. The molecule has 0 radical (unpaired) electrons. The van der Waals surface area contributed by atoms with Gasteiger partial charge in [0.15, 0.2) is 11.5 Å². The van der Waals surface area contributed by atoms with Crippen LogP contribution in [0.4, 0.5) is 11.4 Å². The Bertz CT molecular complexity index is 758. The molecule has 0 spiro atoms. The summed E-state index contributed by atoms with van der Waals surface area (Å²) in [7, 11) is 1.55. The molecule has 2 N–H and O–H groups in total. The number of ether oxygens (including phenoxy) is 3. The van der Waals surface area contributed by atoms with Gasteiger partial charge in [0, 0.05) is 17.4 Å². The highest BCUT2D eigenvalue weighted by atomic mass is 16.6. The van der Waals surface area contributed by atoms with E-state index >= 15 is 0 Å². The third kappa shape index (κ3) is 3.57. The van der Waals surface area contributed by atoms with Gasteiger partial charge in [0.1, 0.15) is 19.0 Å². The molecule has 0 unspecified atom stereocenters. The Labute approximate surface area is 138 Å². The number of amides is 2. The fourth-order valence-corrected chi connectivity index (χ4v) is 2.17. The molecule has 0 aliphatic carbocycles. The number of fused-ring (bicyclic) bond motifs is 1. The van der Waals surface area contributed by atoms with Gasteiger partial charge in [-0.05, 0) is 36.4 Å². The van der Waals surface area contributed by atoms with E-state index in [2.05, 4.69) is 10.6 Å². The normalized spacial score (nSPS) is 12.2. The van der Waals surface area contributed by atoms with E-state index in [4.69, 9.17) is 14.2 Å². The summed E-state index contributed by atoms with van der Waals surface area (Å²) in [6.07, 6.45) is 0. The minimum Gasteiger partial charge on any atom is -0.497 e. The number of methoxy groups -OCH3 is 1. The standard InChI is InChI=1S/C17H16N2O5/c1-22-13-5-2-11(3-6-13)18-16(20)17(21)19-12-4-7-14-15(10-12)24-9-8-23-14/h2-7,10H,8-9H2,1H3,(H,18,20)(H,19,21). The van der Waals surface area contributed by atoms with Crippen molar-refractivity contribution in [2.45, 2.75) is 0 Å². The van der Waals surface area contributed by atoms with Gasteiger partial charge in [0.05, 0.1) is 7.11 Å². The fraction of sp³-hybridized carbons (Fsp3) is 0.176. The van der Waals surface area contributed by atoms with Crippen LogP contribution in [0.5, 0.6) is 17.2 Å². The van der Waals surface area contributed by atoms with Gasteiger partial charge in [-0.15, -0.1) is 0 Å². The number of carbonyl (C=O) groups excluding carboxylic acids is 2. The first kappa shape index (κ1) is 15.7. The molecule has 0 saturated heterocycles. The van der Waals surface area contributed by atoms with Crippen LogP contribution in [0, 0.1) is 0 Å². The van der Waals surface area contributed by atoms with Crippen molar-refractivity contribution in [3.63, 3.8) is 0 Å². The van der Waals surface area contributed by atoms with Gasteiger partial charge in [-0.1, -0.05) is 0 Å². The quantitative estimate of drug-likeness (QED) is 0.842. The van der Waals surface area contributed by atoms with Crippen LogP contribution in [-0.4, -0.2) is 32.1 Å². The second kappa shape index (κ2) is 6.91. The van der Waals surface area contributed by atoms with E-state index in [0.29, 0.717) is 41.8 Å². The van der Waals surface area contributed by atoms with Crippen LogP contribution < -0.4 is 24.8 Å². The predicted octanol–water partition coefficient (Wildman–Crippen LogP) is 2.04. The van der Waals surface area contributed by atoms with Crippen molar-refractivity contribution in [1.29, 1.82) is 0 Å². The average molecular weight is 328 g/mol. The molecule has 0 atom stereocenters. The van der Waals surface area contributed by atoms with E-state index in [1.165, 1.54) is 0 Å². The molecule has 2 aromatic carbocycles. The molecule has 2 amide bonds. The van der Waals surface area contributed by atoms with E-state index in [1.54, 1.807) is 49.6 Å². The molecule has 3 rings (SSSR count). The molecule has 7 nitrogen and oxygen atoms in total. The summed E-state index contributed by atoms with van der Waals surface area (Å²) in [6.45, 7) is 0.936. The van der Waals surface area contributed by atoms with Crippen molar-refractivity contribution in [2.75, 3.05) is 31.0 Å². The van der Waals surface area contributed by atoms with Crippen molar-refractivity contribution in [1.82, 2.24) is 0 Å². The molecular weight excluding hydrogens is 312 g/mol. The molecule has 0 fully saturated rings. The molecule has 1 heterocycles. The highest BCUT2D eigenvalue weighted by Crippen LogP contribution is 2.32. The van der Waals surface area contributed by atoms with Gasteiger partial charge in [0.2, 0.25) is 0 Å². The summed E-state index contributed by atoms with van der Waals surface area (Å²) in [6, 6.07) is 11.6. The summed E-state index contributed by atoms with van der Waals surface area (Å²) >= 11 is 0. The van der Waals surface area contributed by atoms with Crippen LogP contribution in [0.3, 0.4) is 0 Å². The lowest BCUT2D eigenvalue weighted by atomic mass is 10.2.